The first-order chi connectivity index (χ1) is 10.0. The fraction of sp³-hybridized carbons (Fsp3) is 0.500. The van der Waals surface area contributed by atoms with Crippen LogP contribution < -0.4 is 10.6 Å². The fourth-order valence-corrected chi connectivity index (χ4v) is 2.81. The molecule has 1 fully saturated rings. The Labute approximate surface area is 124 Å². The van der Waals surface area contributed by atoms with Crippen LogP contribution in [0.2, 0.25) is 0 Å². The van der Waals surface area contributed by atoms with Crippen LogP contribution in [0.15, 0.2) is 24.3 Å². The summed E-state index contributed by atoms with van der Waals surface area (Å²) in [6, 6.07) is 6.38. The lowest BCUT2D eigenvalue weighted by atomic mass is 10.1. The van der Waals surface area contributed by atoms with E-state index in [0.29, 0.717) is 19.0 Å². The summed E-state index contributed by atoms with van der Waals surface area (Å²) in [5.74, 6) is 0.386. The topological polar surface area (TPSA) is 78.4 Å². The first kappa shape index (κ1) is 15.4. The molecule has 2 rings (SSSR count). The number of nitrogens with one attached hydrogen (secondary N) is 2. The van der Waals surface area contributed by atoms with E-state index in [-0.39, 0.29) is 11.6 Å². The monoisotopic (exact) mass is 290 g/mol. The summed E-state index contributed by atoms with van der Waals surface area (Å²) in [6.45, 7) is 3.29. The first-order valence-corrected chi connectivity index (χ1v) is 7.38. The molecule has 21 heavy (non-hydrogen) atoms. The highest BCUT2D eigenvalue weighted by Crippen LogP contribution is 2.29. The van der Waals surface area contributed by atoms with Gasteiger partial charge in [-0.15, -0.1) is 0 Å². The number of benzene rings is 1. The number of carboxylic acid groups (broad SMARTS) is 1. The van der Waals surface area contributed by atoms with Crippen LogP contribution >= 0.6 is 0 Å². The van der Waals surface area contributed by atoms with Gasteiger partial charge in [-0.05, 0) is 42.4 Å². The van der Waals surface area contributed by atoms with Gasteiger partial charge in [0.25, 0.3) is 0 Å². The second kappa shape index (κ2) is 7.11. The SMILES string of the molecule is CC1CCC(CNC(=O)NCc2cccc(C(=O)O)c2)C1. The molecule has 1 aliphatic carbocycles. The van der Waals surface area contributed by atoms with Crippen molar-refractivity contribution in [3.63, 3.8) is 0 Å². The molecule has 3 N–H and O–H groups in total. The van der Waals surface area contributed by atoms with Crippen molar-refractivity contribution in [2.45, 2.75) is 32.7 Å². The van der Waals surface area contributed by atoms with Gasteiger partial charge in [-0.3, -0.25) is 0 Å². The standard InChI is InChI=1S/C16H22N2O3/c1-11-5-6-13(7-11)10-18-16(21)17-9-12-3-2-4-14(8-12)15(19)20/h2-4,8,11,13H,5-7,9-10H2,1H3,(H,19,20)(H2,17,18,21). The molecule has 0 radical (unpaired) electrons. The fourth-order valence-electron chi connectivity index (χ4n) is 2.81. The van der Waals surface area contributed by atoms with E-state index in [2.05, 4.69) is 17.6 Å². The molecule has 2 unspecified atom stereocenters. The maximum atomic E-state index is 11.7. The maximum Gasteiger partial charge on any atom is 0.335 e. The highest BCUT2D eigenvalue weighted by Gasteiger charge is 2.21. The molecule has 2 amide bonds. The lowest BCUT2D eigenvalue weighted by molar-refractivity contribution is 0.0696. The highest BCUT2D eigenvalue weighted by molar-refractivity contribution is 5.87. The van der Waals surface area contributed by atoms with Crippen LogP contribution in [0.5, 0.6) is 0 Å². The third kappa shape index (κ3) is 4.77. The van der Waals surface area contributed by atoms with E-state index in [4.69, 9.17) is 5.11 Å². The number of hydrogen-bond donors (Lipinski definition) is 3. The number of carbonyl (C=O) groups excluding carboxylic acids is 1. The van der Waals surface area contributed by atoms with E-state index in [1.807, 2.05) is 0 Å². The van der Waals surface area contributed by atoms with Crippen molar-refractivity contribution in [3.05, 3.63) is 35.4 Å². The largest absolute Gasteiger partial charge is 0.478 e. The predicted octanol–water partition coefficient (Wildman–Crippen LogP) is 2.62. The van der Waals surface area contributed by atoms with Gasteiger partial charge in [0.1, 0.15) is 0 Å². The van der Waals surface area contributed by atoms with Crippen molar-refractivity contribution in [2.75, 3.05) is 6.54 Å². The van der Waals surface area contributed by atoms with Gasteiger partial charge in [0.15, 0.2) is 0 Å². The number of carbonyl (C=O) groups is 2. The molecule has 0 aliphatic heterocycles. The van der Waals surface area contributed by atoms with Crippen molar-refractivity contribution < 1.29 is 14.7 Å². The minimum atomic E-state index is -0.961. The van der Waals surface area contributed by atoms with E-state index in [1.165, 1.54) is 25.3 Å². The Morgan fingerprint density at radius 3 is 2.76 bits per heavy atom. The molecule has 0 saturated heterocycles. The van der Waals surface area contributed by atoms with Crippen LogP contribution in [0.1, 0.15) is 42.1 Å². The third-order valence-electron chi connectivity index (χ3n) is 3.98. The predicted molar refractivity (Wildman–Crippen MR) is 80.1 cm³/mol. The number of carboxylic acids is 1. The van der Waals surface area contributed by atoms with Gasteiger partial charge >= 0.3 is 12.0 Å². The smallest absolute Gasteiger partial charge is 0.335 e. The molecule has 2 atom stereocenters. The van der Waals surface area contributed by atoms with Crippen LogP contribution in [0.4, 0.5) is 4.79 Å². The summed E-state index contributed by atoms with van der Waals surface area (Å²) in [6.07, 6.45) is 3.61. The summed E-state index contributed by atoms with van der Waals surface area (Å²) in [7, 11) is 0. The average Bonchev–Trinajstić information content (AvgIpc) is 2.89. The Morgan fingerprint density at radius 2 is 2.10 bits per heavy atom. The molecule has 1 aliphatic rings. The molecule has 5 heteroatoms. The van der Waals surface area contributed by atoms with E-state index in [1.54, 1.807) is 18.2 Å². The zero-order valence-electron chi connectivity index (χ0n) is 12.3. The normalized spacial score (nSPS) is 21.0. The number of rotatable bonds is 5. The lowest BCUT2D eigenvalue weighted by Crippen LogP contribution is -2.37. The van der Waals surface area contributed by atoms with Gasteiger partial charge in [0.2, 0.25) is 0 Å². The Bertz CT molecular complexity index is 516. The zero-order chi connectivity index (χ0) is 15.2. The molecule has 0 aromatic heterocycles. The molecule has 0 spiro atoms. The van der Waals surface area contributed by atoms with Gasteiger partial charge in [0.05, 0.1) is 5.56 Å². The molecule has 1 aromatic carbocycles. The van der Waals surface area contributed by atoms with Gasteiger partial charge in [-0.25, -0.2) is 9.59 Å². The van der Waals surface area contributed by atoms with Gasteiger partial charge in [-0.2, -0.15) is 0 Å². The third-order valence-corrected chi connectivity index (χ3v) is 3.98. The van der Waals surface area contributed by atoms with E-state index < -0.39 is 5.97 Å². The second-order valence-corrected chi connectivity index (χ2v) is 5.85. The second-order valence-electron chi connectivity index (χ2n) is 5.85. The molecule has 1 saturated carbocycles. The van der Waals surface area contributed by atoms with Gasteiger partial charge in [-0.1, -0.05) is 25.5 Å². The Hall–Kier alpha value is -2.04. The average molecular weight is 290 g/mol. The van der Waals surface area contributed by atoms with Crippen molar-refractivity contribution in [2.24, 2.45) is 11.8 Å². The lowest BCUT2D eigenvalue weighted by Gasteiger charge is -2.12. The summed E-state index contributed by atoms with van der Waals surface area (Å²) in [5.41, 5.74) is 1.01. The molecular formula is C16H22N2O3. The Morgan fingerprint density at radius 1 is 1.29 bits per heavy atom. The molecule has 5 nitrogen and oxygen atoms in total. The Kier molecular flexibility index (Phi) is 5.20. The first-order valence-electron chi connectivity index (χ1n) is 7.38. The maximum absolute atomic E-state index is 11.7. The number of urea groups is 1. The number of hydrogen-bond acceptors (Lipinski definition) is 2. The highest BCUT2D eigenvalue weighted by atomic mass is 16.4. The molecule has 0 heterocycles. The summed E-state index contributed by atoms with van der Waals surface area (Å²) < 4.78 is 0. The summed E-state index contributed by atoms with van der Waals surface area (Å²) >= 11 is 0. The van der Waals surface area contributed by atoms with Crippen LogP contribution in [-0.2, 0) is 6.54 Å². The van der Waals surface area contributed by atoms with E-state index in [9.17, 15) is 9.59 Å². The van der Waals surface area contributed by atoms with Crippen LogP contribution in [0.3, 0.4) is 0 Å². The molecule has 114 valence electrons. The van der Waals surface area contributed by atoms with Crippen LogP contribution in [0, 0.1) is 11.8 Å². The van der Waals surface area contributed by atoms with Crippen LogP contribution in [0.25, 0.3) is 0 Å². The summed E-state index contributed by atoms with van der Waals surface area (Å²) in [5, 5.41) is 14.6. The van der Waals surface area contributed by atoms with Gasteiger partial charge < -0.3 is 15.7 Å². The van der Waals surface area contributed by atoms with E-state index in [0.717, 1.165) is 11.5 Å². The number of aromatic carboxylic acids is 1. The quantitative estimate of drug-likeness (QED) is 0.780. The molecule has 0 bridgehead atoms. The summed E-state index contributed by atoms with van der Waals surface area (Å²) in [4.78, 5) is 22.6. The molecular weight excluding hydrogens is 268 g/mol. The van der Waals surface area contributed by atoms with Crippen LogP contribution in [-0.4, -0.2) is 23.7 Å². The number of amides is 2. The zero-order valence-corrected chi connectivity index (χ0v) is 12.3. The van der Waals surface area contributed by atoms with Crippen molar-refractivity contribution >= 4 is 12.0 Å². The minimum Gasteiger partial charge on any atom is -0.478 e. The van der Waals surface area contributed by atoms with Crippen molar-refractivity contribution in [3.8, 4) is 0 Å². The molecule has 1 aromatic rings. The minimum absolute atomic E-state index is 0.199. The Balaban J connectivity index is 1.73. The van der Waals surface area contributed by atoms with Crippen molar-refractivity contribution in [1.29, 1.82) is 0 Å². The van der Waals surface area contributed by atoms with Crippen molar-refractivity contribution in [1.82, 2.24) is 10.6 Å². The van der Waals surface area contributed by atoms with E-state index >= 15 is 0 Å². The van der Waals surface area contributed by atoms with Gasteiger partial charge in [0, 0.05) is 13.1 Å².